The summed E-state index contributed by atoms with van der Waals surface area (Å²) in [6, 6.07) is 2.77. The maximum atomic E-state index is 13.1. The van der Waals surface area contributed by atoms with E-state index in [1.165, 1.54) is 19.2 Å². The number of hydrogen-bond donors (Lipinski definition) is 1. The SMILES string of the molecule is CCNC(CC(=O)OC)c1cc(F)cc(F)c1. The molecule has 0 saturated heterocycles. The second-order valence-corrected chi connectivity index (χ2v) is 3.59. The van der Waals surface area contributed by atoms with Crippen LogP contribution in [-0.2, 0) is 9.53 Å². The van der Waals surface area contributed by atoms with Crippen LogP contribution in [0.15, 0.2) is 18.2 Å². The maximum absolute atomic E-state index is 13.1. The van der Waals surface area contributed by atoms with Gasteiger partial charge in [0.15, 0.2) is 0 Å². The minimum absolute atomic E-state index is 0.0350. The summed E-state index contributed by atoms with van der Waals surface area (Å²) < 4.78 is 30.7. The fourth-order valence-electron chi connectivity index (χ4n) is 1.58. The molecule has 0 spiro atoms. The number of methoxy groups -OCH3 is 1. The van der Waals surface area contributed by atoms with Crippen molar-refractivity contribution in [3.8, 4) is 0 Å². The van der Waals surface area contributed by atoms with E-state index in [2.05, 4.69) is 10.1 Å². The average molecular weight is 243 g/mol. The molecule has 1 unspecified atom stereocenters. The van der Waals surface area contributed by atoms with E-state index in [1.54, 1.807) is 0 Å². The summed E-state index contributed by atoms with van der Waals surface area (Å²) in [5.41, 5.74) is 0.398. The molecule has 0 aromatic heterocycles. The van der Waals surface area contributed by atoms with Crippen molar-refractivity contribution in [2.24, 2.45) is 0 Å². The van der Waals surface area contributed by atoms with Gasteiger partial charge in [0.1, 0.15) is 11.6 Å². The Morgan fingerprint density at radius 3 is 2.41 bits per heavy atom. The molecule has 1 atom stereocenters. The Kier molecular flexibility index (Phi) is 5.03. The minimum Gasteiger partial charge on any atom is -0.469 e. The van der Waals surface area contributed by atoms with Crippen molar-refractivity contribution in [1.82, 2.24) is 5.32 Å². The van der Waals surface area contributed by atoms with Crippen molar-refractivity contribution in [3.63, 3.8) is 0 Å². The number of ether oxygens (including phenoxy) is 1. The number of nitrogens with one attached hydrogen (secondary N) is 1. The molecule has 0 aliphatic heterocycles. The number of carbonyl (C=O) groups is 1. The summed E-state index contributed by atoms with van der Waals surface area (Å²) in [7, 11) is 1.28. The lowest BCUT2D eigenvalue weighted by Gasteiger charge is -2.17. The van der Waals surface area contributed by atoms with Crippen LogP contribution in [0, 0.1) is 11.6 Å². The molecule has 5 heteroatoms. The molecule has 94 valence electrons. The van der Waals surface area contributed by atoms with Gasteiger partial charge in [-0.1, -0.05) is 6.92 Å². The number of rotatable bonds is 5. The lowest BCUT2D eigenvalue weighted by Crippen LogP contribution is -2.24. The van der Waals surface area contributed by atoms with E-state index in [0.717, 1.165) is 6.07 Å². The molecule has 1 aromatic carbocycles. The smallest absolute Gasteiger partial charge is 0.307 e. The molecule has 0 heterocycles. The monoisotopic (exact) mass is 243 g/mol. The first-order valence-corrected chi connectivity index (χ1v) is 5.33. The molecule has 0 amide bonds. The summed E-state index contributed by atoms with van der Waals surface area (Å²) in [5.74, 6) is -1.75. The quantitative estimate of drug-likeness (QED) is 0.805. The zero-order valence-electron chi connectivity index (χ0n) is 9.80. The Morgan fingerprint density at radius 1 is 1.35 bits per heavy atom. The van der Waals surface area contributed by atoms with Gasteiger partial charge in [0.2, 0.25) is 0 Å². The average Bonchev–Trinajstić information content (AvgIpc) is 2.27. The maximum Gasteiger partial charge on any atom is 0.307 e. The molecule has 0 aliphatic carbocycles. The minimum atomic E-state index is -0.659. The summed E-state index contributed by atoms with van der Waals surface area (Å²) >= 11 is 0. The molecule has 0 fully saturated rings. The fraction of sp³-hybridized carbons (Fsp3) is 0.417. The van der Waals surface area contributed by atoms with E-state index in [9.17, 15) is 13.6 Å². The van der Waals surface area contributed by atoms with E-state index in [4.69, 9.17) is 0 Å². The normalized spacial score (nSPS) is 12.2. The van der Waals surface area contributed by atoms with Gasteiger partial charge in [-0.05, 0) is 24.2 Å². The molecule has 1 N–H and O–H groups in total. The van der Waals surface area contributed by atoms with Crippen LogP contribution in [0.3, 0.4) is 0 Å². The van der Waals surface area contributed by atoms with Crippen molar-refractivity contribution in [2.75, 3.05) is 13.7 Å². The van der Waals surface area contributed by atoms with Crippen molar-refractivity contribution in [2.45, 2.75) is 19.4 Å². The summed E-state index contributed by atoms with van der Waals surface area (Å²) in [5, 5.41) is 2.98. The third-order valence-corrected chi connectivity index (χ3v) is 2.34. The van der Waals surface area contributed by atoms with Crippen LogP contribution in [0.4, 0.5) is 8.78 Å². The van der Waals surface area contributed by atoms with Crippen LogP contribution in [0.25, 0.3) is 0 Å². The van der Waals surface area contributed by atoms with Crippen LogP contribution in [-0.4, -0.2) is 19.6 Å². The number of hydrogen-bond acceptors (Lipinski definition) is 3. The molecule has 1 rings (SSSR count). The molecule has 0 aliphatic rings. The number of halogens is 2. The highest BCUT2D eigenvalue weighted by molar-refractivity contribution is 5.70. The number of benzene rings is 1. The Balaban J connectivity index is 2.91. The van der Waals surface area contributed by atoms with E-state index in [1.807, 2.05) is 6.92 Å². The highest BCUT2D eigenvalue weighted by Gasteiger charge is 2.16. The topological polar surface area (TPSA) is 38.3 Å². The Labute approximate surface area is 98.8 Å². The third kappa shape index (κ3) is 4.11. The van der Waals surface area contributed by atoms with E-state index >= 15 is 0 Å². The number of esters is 1. The van der Waals surface area contributed by atoms with Crippen LogP contribution in [0.5, 0.6) is 0 Å². The highest BCUT2D eigenvalue weighted by atomic mass is 19.1. The lowest BCUT2D eigenvalue weighted by atomic mass is 10.0. The fourth-order valence-corrected chi connectivity index (χ4v) is 1.58. The van der Waals surface area contributed by atoms with Crippen LogP contribution in [0.2, 0.25) is 0 Å². The predicted molar refractivity (Wildman–Crippen MR) is 59.4 cm³/mol. The van der Waals surface area contributed by atoms with Crippen LogP contribution in [0.1, 0.15) is 24.9 Å². The molecule has 0 saturated carbocycles. The molecule has 3 nitrogen and oxygen atoms in total. The van der Waals surface area contributed by atoms with Gasteiger partial charge in [-0.3, -0.25) is 4.79 Å². The van der Waals surface area contributed by atoms with Crippen molar-refractivity contribution in [3.05, 3.63) is 35.4 Å². The zero-order valence-corrected chi connectivity index (χ0v) is 9.80. The van der Waals surface area contributed by atoms with Crippen molar-refractivity contribution >= 4 is 5.97 Å². The largest absolute Gasteiger partial charge is 0.469 e. The van der Waals surface area contributed by atoms with Gasteiger partial charge >= 0.3 is 5.97 Å². The van der Waals surface area contributed by atoms with Gasteiger partial charge in [0.25, 0.3) is 0 Å². The molecule has 1 aromatic rings. The van der Waals surface area contributed by atoms with Gasteiger partial charge in [-0.2, -0.15) is 0 Å². The number of carbonyl (C=O) groups excluding carboxylic acids is 1. The van der Waals surface area contributed by atoms with Gasteiger partial charge in [-0.25, -0.2) is 8.78 Å². The Morgan fingerprint density at radius 2 is 1.94 bits per heavy atom. The van der Waals surface area contributed by atoms with Gasteiger partial charge in [0.05, 0.1) is 13.5 Å². The third-order valence-electron chi connectivity index (χ3n) is 2.34. The molecular weight excluding hydrogens is 228 g/mol. The van der Waals surface area contributed by atoms with Gasteiger partial charge in [0, 0.05) is 12.1 Å². The van der Waals surface area contributed by atoms with E-state index in [0.29, 0.717) is 12.1 Å². The molecule has 0 bridgehead atoms. The van der Waals surface area contributed by atoms with Gasteiger partial charge in [-0.15, -0.1) is 0 Å². The van der Waals surface area contributed by atoms with Crippen LogP contribution < -0.4 is 5.32 Å². The lowest BCUT2D eigenvalue weighted by molar-refractivity contribution is -0.141. The second-order valence-electron chi connectivity index (χ2n) is 3.59. The first-order valence-electron chi connectivity index (χ1n) is 5.33. The second kappa shape index (κ2) is 6.30. The highest BCUT2D eigenvalue weighted by Crippen LogP contribution is 2.19. The van der Waals surface area contributed by atoms with Crippen molar-refractivity contribution in [1.29, 1.82) is 0 Å². The van der Waals surface area contributed by atoms with Gasteiger partial charge < -0.3 is 10.1 Å². The predicted octanol–water partition coefficient (Wildman–Crippen LogP) is 2.18. The summed E-state index contributed by atoms with van der Waals surface area (Å²) in [6.45, 7) is 2.43. The van der Waals surface area contributed by atoms with Crippen molar-refractivity contribution < 1.29 is 18.3 Å². The molecule has 0 radical (unpaired) electrons. The Hall–Kier alpha value is -1.49. The first kappa shape index (κ1) is 13.6. The summed E-state index contributed by atoms with van der Waals surface area (Å²) in [4.78, 5) is 11.2. The molecular formula is C12H15F2NO2. The first-order chi connectivity index (χ1) is 8.06. The van der Waals surface area contributed by atoms with Crippen LogP contribution >= 0.6 is 0 Å². The Bertz CT molecular complexity index is 376. The standard InChI is InChI=1S/C12H15F2NO2/c1-3-15-11(7-12(16)17-2)8-4-9(13)6-10(14)5-8/h4-6,11,15H,3,7H2,1-2H3. The zero-order chi connectivity index (χ0) is 12.8. The van der Waals surface area contributed by atoms with E-state index < -0.39 is 23.6 Å². The van der Waals surface area contributed by atoms with E-state index in [-0.39, 0.29) is 6.42 Å². The molecule has 17 heavy (non-hydrogen) atoms. The summed E-state index contributed by atoms with van der Waals surface area (Å²) in [6.07, 6.45) is 0.0350.